The number of rotatable bonds is 6. The number of hydrogen-bond donors (Lipinski definition) is 2. The number of amides is 1. The lowest BCUT2D eigenvalue weighted by molar-refractivity contribution is -0.117. The van der Waals surface area contributed by atoms with Crippen LogP contribution in [-0.2, 0) is 9.53 Å². The maximum absolute atomic E-state index is 11.9. The van der Waals surface area contributed by atoms with E-state index in [4.69, 9.17) is 4.74 Å². The molecule has 0 aliphatic carbocycles. The molecule has 2 N–H and O–H groups in total. The molecule has 2 unspecified atom stereocenters. The maximum atomic E-state index is 11.9. The second kappa shape index (κ2) is 7.71. The van der Waals surface area contributed by atoms with Crippen molar-refractivity contribution in [2.24, 2.45) is 0 Å². The summed E-state index contributed by atoms with van der Waals surface area (Å²) in [5, 5.41) is 8.65. The number of carbonyl (C=O) groups is 1. The fourth-order valence-electron chi connectivity index (χ4n) is 2.20. The zero-order valence-corrected chi connectivity index (χ0v) is 13.0. The number of thiazole rings is 1. The normalized spacial score (nSPS) is 20.6. The Morgan fingerprint density at radius 2 is 2.45 bits per heavy atom. The molecule has 0 saturated carbocycles. The zero-order valence-electron chi connectivity index (χ0n) is 12.1. The molecular weight excluding hydrogens is 274 g/mol. The molecule has 1 saturated heterocycles. The van der Waals surface area contributed by atoms with Crippen molar-refractivity contribution in [3.05, 3.63) is 11.1 Å². The summed E-state index contributed by atoms with van der Waals surface area (Å²) in [7, 11) is 1.90. The molecule has 1 aliphatic rings. The summed E-state index contributed by atoms with van der Waals surface area (Å²) in [6, 6.07) is 0.201. The third kappa shape index (κ3) is 4.54. The fourth-order valence-corrected chi connectivity index (χ4v) is 3.02. The Morgan fingerprint density at radius 1 is 1.60 bits per heavy atom. The second-order valence-electron chi connectivity index (χ2n) is 5.16. The van der Waals surface area contributed by atoms with Crippen molar-refractivity contribution < 1.29 is 9.53 Å². The molecule has 1 aromatic rings. The molecule has 2 heterocycles. The van der Waals surface area contributed by atoms with Gasteiger partial charge in [0.25, 0.3) is 0 Å². The number of carbonyl (C=O) groups excluding carboxylic acids is 1. The van der Waals surface area contributed by atoms with E-state index in [0.717, 1.165) is 31.6 Å². The van der Waals surface area contributed by atoms with Crippen LogP contribution >= 0.6 is 11.3 Å². The van der Waals surface area contributed by atoms with E-state index < -0.39 is 0 Å². The third-order valence-corrected chi connectivity index (χ3v) is 4.39. The van der Waals surface area contributed by atoms with Crippen LogP contribution in [0.3, 0.4) is 0 Å². The van der Waals surface area contributed by atoms with Gasteiger partial charge in [-0.05, 0) is 39.7 Å². The summed E-state index contributed by atoms with van der Waals surface area (Å²) in [4.78, 5) is 16.3. The SMILES string of the molecule is CNC(C)c1csc(NC(=O)CCC2CCCCO2)n1. The molecule has 0 aromatic carbocycles. The quantitative estimate of drug-likeness (QED) is 0.847. The Kier molecular flexibility index (Phi) is 5.94. The lowest BCUT2D eigenvalue weighted by atomic mass is 10.0. The molecule has 1 aliphatic heterocycles. The molecule has 2 rings (SSSR count). The van der Waals surface area contributed by atoms with Crippen LogP contribution in [0.5, 0.6) is 0 Å². The Labute approximate surface area is 124 Å². The minimum Gasteiger partial charge on any atom is -0.378 e. The molecule has 0 bridgehead atoms. The van der Waals surface area contributed by atoms with Crippen molar-refractivity contribution in [3.63, 3.8) is 0 Å². The van der Waals surface area contributed by atoms with Gasteiger partial charge in [0.05, 0.1) is 11.8 Å². The highest BCUT2D eigenvalue weighted by atomic mass is 32.1. The van der Waals surface area contributed by atoms with E-state index in [2.05, 4.69) is 15.6 Å². The molecule has 2 atom stereocenters. The van der Waals surface area contributed by atoms with Crippen LogP contribution in [0.4, 0.5) is 5.13 Å². The van der Waals surface area contributed by atoms with Crippen LogP contribution in [0, 0.1) is 0 Å². The number of anilines is 1. The first kappa shape index (κ1) is 15.4. The van der Waals surface area contributed by atoms with Gasteiger partial charge in [0, 0.05) is 24.4 Å². The molecule has 1 fully saturated rings. The van der Waals surface area contributed by atoms with E-state index in [0.29, 0.717) is 11.6 Å². The first-order valence-electron chi connectivity index (χ1n) is 7.23. The summed E-state index contributed by atoms with van der Waals surface area (Å²) < 4.78 is 5.63. The maximum Gasteiger partial charge on any atom is 0.226 e. The van der Waals surface area contributed by atoms with Crippen LogP contribution in [0.15, 0.2) is 5.38 Å². The lowest BCUT2D eigenvalue weighted by Crippen LogP contribution is -2.21. The highest BCUT2D eigenvalue weighted by Gasteiger charge is 2.16. The molecule has 5 nitrogen and oxygen atoms in total. The van der Waals surface area contributed by atoms with Crippen LogP contribution < -0.4 is 10.6 Å². The summed E-state index contributed by atoms with van der Waals surface area (Å²) in [5.74, 6) is 0.0252. The van der Waals surface area contributed by atoms with Gasteiger partial charge in [-0.25, -0.2) is 4.98 Å². The summed E-state index contributed by atoms with van der Waals surface area (Å²) in [5.41, 5.74) is 0.961. The van der Waals surface area contributed by atoms with E-state index in [9.17, 15) is 4.79 Å². The number of ether oxygens (including phenoxy) is 1. The molecule has 0 radical (unpaired) electrons. The van der Waals surface area contributed by atoms with Crippen molar-refractivity contribution in [1.82, 2.24) is 10.3 Å². The van der Waals surface area contributed by atoms with E-state index >= 15 is 0 Å². The Hall–Kier alpha value is -0.980. The first-order valence-corrected chi connectivity index (χ1v) is 8.11. The van der Waals surface area contributed by atoms with E-state index in [1.807, 2.05) is 19.4 Å². The van der Waals surface area contributed by atoms with Gasteiger partial charge in [0.1, 0.15) is 0 Å². The van der Waals surface area contributed by atoms with Crippen molar-refractivity contribution >= 4 is 22.4 Å². The van der Waals surface area contributed by atoms with E-state index in [1.54, 1.807) is 0 Å². The highest BCUT2D eigenvalue weighted by Crippen LogP contribution is 2.21. The molecule has 1 aromatic heterocycles. The smallest absolute Gasteiger partial charge is 0.226 e. The van der Waals surface area contributed by atoms with Gasteiger partial charge in [-0.3, -0.25) is 4.79 Å². The first-order chi connectivity index (χ1) is 9.69. The van der Waals surface area contributed by atoms with Gasteiger partial charge < -0.3 is 15.4 Å². The van der Waals surface area contributed by atoms with Gasteiger partial charge in [-0.2, -0.15) is 0 Å². The van der Waals surface area contributed by atoms with Crippen LogP contribution in [-0.4, -0.2) is 30.6 Å². The molecule has 6 heteroatoms. The van der Waals surface area contributed by atoms with Gasteiger partial charge in [0.15, 0.2) is 5.13 Å². The summed E-state index contributed by atoms with van der Waals surface area (Å²) in [6.45, 7) is 2.88. The number of hydrogen-bond acceptors (Lipinski definition) is 5. The van der Waals surface area contributed by atoms with Gasteiger partial charge in [-0.15, -0.1) is 11.3 Å². The van der Waals surface area contributed by atoms with Crippen molar-refractivity contribution in [2.75, 3.05) is 19.0 Å². The number of aromatic nitrogens is 1. The van der Waals surface area contributed by atoms with Crippen molar-refractivity contribution in [3.8, 4) is 0 Å². The predicted molar refractivity (Wildman–Crippen MR) is 81.0 cm³/mol. The fraction of sp³-hybridized carbons (Fsp3) is 0.714. The minimum atomic E-state index is 0.0252. The summed E-state index contributed by atoms with van der Waals surface area (Å²) in [6.07, 6.45) is 5.00. The van der Waals surface area contributed by atoms with Crippen molar-refractivity contribution in [2.45, 2.75) is 51.2 Å². The number of nitrogens with one attached hydrogen (secondary N) is 2. The van der Waals surface area contributed by atoms with Crippen LogP contribution in [0.1, 0.15) is 50.8 Å². The Morgan fingerprint density at radius 3 is 3.15 bits per heavy atom. The van der Waals surface area contributed by atoms with E-state index in [-0.39, 0.29) is 18.1 Å². The zero-order chi connectivity index (χ0) is 14.4. The van der Waals surface area contributed by atoms with Gasteiger partial charge >= 0.3 is 0 Å². The summed E-state index contributed by atoms with van der Waals surface area (Å²) >= 11 is 1.47. The average Bonchev–Trinajstić information content (AvgIpc) is 2.94. The number of nitrogens with zero attached hydrogens (tertiary/aromatic N) is 1. The Bertz CT molecular complexity index is 430. The molecular formula is C14H23N3O2S. The highest BCUT2D eigenvalue weighted by molar-refractivity contribution is 7.13. The molecule has 0 spiro atoms. The van der Waals surface area contributed by atoms with Gasteiger partial charge in [-0.1, -0.05) is 0 Å². The average molecular weight is 297 g/mol. The van der Waals surface area contributed by atoms with Crippen molar-refractivity contribution in [1.29, 1.82) is 0 Å². The topological polar surface area (TPSA) is 63.2 Å². The van der Waals surface area contributed by atoms with Crippen LogP contribution in [0.25, 0.3) is 0 Å². The molecule has 1 amide bonds. The predicted octanol–water partition coefficient (Wildman–Crippen LogP) is 2.71. The second-order valence-corrected chi connectivity index (χ2v) is 6.02. The monoisotopic (exact) mass is 297 g/mol. The lowest BCUT2D eigenvalue weighted by Gasteiger charge is -2.21. The third-order valence-electron chi connectivity index (χ3n) is 3.61. The standard InChI is InChI=1S/C14H23N3O2S/c1-10(15-2)12-9-20-14(16-12)17-13(18)7-6-11-5-3-4-8-19-11/h9-11,15H,3-8H2,1-2H3,(H,16,17,18). The van der Waals surface area contributed by atoms with Crippen LogP contribution in [0.2, 0.25) is 0 Å². The molecule has 20 heavy (non-hydrogen) atoms. The molecule has 112 valence electrons. The Balaban J connectivity index is 1.74. The van der Waals surface area contributed by atoms with E-state index in [1.165, 1.54) is 17.8 Å². The minimum absolute atomic E-state index is 0.0252. The van der Waals surface area contributed by atoms with Gasteiger partial charge in [0.2, 0.25) is 5.91 Å². The largest absolute Gasteiger partial charge is 0.378 e.